The minimum Gasteiger partial charge on any atom is -0.467 e. The van der Waals surface area contributed by atoms with E-state index in [0.29, 0.717) is 12.3 Å². The molecule has 1 aliphatic heterocycles. The van der Waals surface area contributed by atoms with Crippen molar-refractivity contribution >= 4 is 35.5 Å². The molecule has 0 bridgehead atoms. The van der Waals surface area contributed by atoms with Crippen molar-refractivity contribution in [3.05, 3.63) is 0 Å². The molecule has 1 heterocycles. The summed E-state index contributed by atoms with van der Waals surface area (Å²) < 4.78 is 9.97. The second-order valence-corrected chi connectivity index (χ2v) is 9.39. The molecule has 0 spiro atoms. The van der Waals surface area contributed by atoms with Crippen LogP contribution in [0.1, 0.15) is 41.5 Å². The number of amides is 2. The van der Waals surface area contributed by atoms with Crippen molar-refractivity contribution in [3.63, 3.8) is 0 Å². The molecular weight excluding hydrogens is 398 g/mol. The van der Waals surface area contributed by atoms with Gasteiger partial charge in [0, 0.05) is 12.3 Å². The lowest BCUT2D eigenvalue weighted by molar-refractivity contribution is -0.153. The Morgan fingerprint density at radius 2 is 1.79 bits per heavy atom. The van der Waals surface area contributed by atoms with E-state index in [2.05, 4.69) is 10.6 Å². The summed E-state index contributed by atoms with van der Waals surface area (Å²) in [5.41, 5.74) is -0.608. The normalized spacial score (nSPS) is 18.9. The van der Waals surface area contributed by atoms with Crippen LogP contribution in [0.15, 0.2) is 0 Å². The Labute approximate surface area is 176 Å². The van der Waals surface area contributed by atoms with E-state index < -0.39 is 40.9 Å². The SMILES string of the molecule is COC(=O)C1SCCN1C(=O)C(NC(=O)C(C)NCC(=O)OC(C)(C)C)C(C)C. The standard InChI is InChI=1S/C19H33N3O6S/c1-11(2)14(16(25)22-8-9-29-17(22)18(26)27-7)21-15(24)12(3)20-10-13(23)28-19(4,5)6/h11-12,14,17,20H,8-10H2,1-7H3,(H,21,24). The van der Waals surface area contributed by atoms with E-state index in [1.54, 1.807) is 27.7 Å². The third-order valence-electron chi connectivity index (χ3n) is 4.17. The minimum atomic E-state index is -0.792. The Bertz CT molecular complexity index is 620. The number of rotatable bonds is 8. The molecule has 1 fully saturated rings. The van der Waals surface area contributed by atoms with Gasteiger partial charge in [0.2, 0.25) is 11.8 Å². The topological polar surface area (TPSA) is 114 Å². The van der Waals surface area contributed by atoms with Crippen molar-refractivity contribution in [1.29, 1.82) is 0 Å². The van der Waals surface area contributed by atoms with Gasteiger partial charge in [-0.25, -0.2) is 4.79 Å². The van der Waals surface area contributed by atoms with Gasteiger partial charge in [-0.2, -0.15) is 0 Å². The molecule has 0 aromatic carbocycles. The molecule has 0 aliphatic carbocycles. The Kier molecular flexibility index (Phi) is 9.41. The smallest absolute Gasteiger partial charge is 0.339 e. The molecule has 2 N–H and O–H groups in total. The molecule has 10 heteroatoms. The van der Waals surface area contributed by atoms with Crippen LogP contribution in [-0.2, 0) is 28.7 Å². The maximum atomic E-state index is 13.0. The van der Waals surface area contributed by atoms with E-state index in [-0.39, 0.29) is 18.4 Å². The van der Waals surface area contributed by atoms with Crippen molar-refractivity contribution in [2.45, 2.75) is 64.6 Å². The van der Waals surface area contributed by atoms with E-state index >= 15 is 0 Å². The number of nitrogens with zero attached hydrogens (tertiary/aromatic N) is 1. The third kappa shape index (κ3) is 7.85. The molecule has 1 aliphatic rings. The highest BCUT2D eigenvalue weighted by molar-refractivity contribution is 8.00. The summed E-state index contributed by atoms with van der Waals surface area (Å²) in [7, 11) is 1.28. The van der Waals surface area contributed by atoms with Gasteiger partial charge in [-0.05, 0) is 33.6 Å². The van der Waals surface area contributed by atoms with Gasteiger partial charge in [0.25, 0.3) is 0 Å². The van der Waals surface area contributed by atoms with E-state index in [1.807, 2.05) is 13.8 Å². The first-order valence-corrected chi connectivity index (χ1v) is 10.7. The van der Waals surface area contributed by atoms with Crippen molar-refractivity contribution in [3.8, 4) is 0 Å². The van der Waals surface area contributed by atoms with Crippen LogP contribution in [0.4, 0.5) is 0 Å². The number of hydrogen-bond donors (Lipinski definition) is 2. The molecule has 0 aromatic heterocycles. The van der Waals surface area contributed by atoms with Gasteiger partial charge in [0.15, 0.2) is 5.37 Å². The summed E-state index contributed by atoms with van der Waals surface area (Å²) in [4.78, 5) is 50.7. The van der Waals surface area contributed by atoms with E-state index in [9.17, 15) is 19.2 Å². The van der Waals surface area contributed by atoms with E-state index in [1.165, 1.54) is 23.8 Å². The number of carbonyl (C=O) groups excluding carboxylic acids is 4. The largest absolute Gasteiger partial charge is 0.467 e. The van der Waals surface area contributed by atoms with Gasteiger partial charge >= 0.3 is 11.9 Å². The second-order valence-electron chi connectivity index (χ2n) is 8.20. The lowest BCUT2D eigenvalue weighted by Gasteiger charge is -2.30. The first kappa shape index (κ1) is 25.2. The molecular formula is C19H33N3O6S. The Morgan fingerprint density at radius 3 is 2.31 bits per heavy atom. The molecule has 29 heavy (non-hydrogen) atoms. The zero-order valence-corrected chi connectivity index (χ0v) is 19.1. The molecule has 0 radical (unpaired) electrons. The van der Waals surface area contributed by atoms with Crippen molar-refractivity contribution in [1.82, 2.24) is 15.5 Å². The summed E-state index contributed by atoms with van der Waals surface area (Å²) in [6.45, 7) is 10.8. The van der Waals surface area contributed by atoms with Gasteiger partial charge in [-0.15, -0.1) is 11.8 Å². The lowest BCUT2D eigenvalue weighted by atomic mass is 10.0. The van der Waals surface area contributed by atoms with Gasteiger partial charge in [0.05, 0.1) is 19.7 Å². The highest BCUT2D eigenvalue weighted by Gasteiger charge is 2.40. The maximum Gasteiger partial charge on any atom is 0.339 e. The molecule has 2 amide bonds. The fraction of sp³-hybridized carbons (Fsp3) is 0.789. The van der Waals surface area contributed by atoms with Crippen LogP contribution >= 0.6 is 11.8 Å². The number of hydrogen-bond acceptors (Lipinski definition) is 8. The van der Waals surface area contributed by atoms with Crippen LogP contribution in [0.3, 0.4) is 0 Å². The molecule has 3 atom stereocenters. The average Bonchev–Trinajstić information content (AvgIpc) is 3.10. The van der Waals surface area contributed by atoms with Crippen LogP contribution in [-0.4, -0.2) is 77.7 Å². The number of carbonyl (C=O) groups is 4. The molecule has 0 saturated carbocycles. The lowest BCUT2D eigenvalue weighted by Crippen LogP contribution is -2.56. The predicted molar refractivity (Wildman–Crippen MR) is 110 cm³/mol. The quantitative estimate of drug-likeness (QED) is 0.535. The summed E-state index contributed by atoms with van der Waals surface area (Å²) >= 11 is 1.34. The zero-order chi connectivity index (χ0) is 22.4. The summed E-state index contributed by atoms with van der Waals surface area (Å²) in [6.07, 6.45) is 0. The van der Waals surface area contributed by atoms with Gasteiger partial charge in [0.1, 0.15) is 11.6 Å². The van der Waals surface area contributed by atoms with Gasteiger partial charge in [-0.3, -0.25) is 19.7 Å². The van der Waals surface area contributed by atoms with Crippen molar-refractivity contribution in [2.75, 3.05) is 26.0 Å². The Hall–Kier alpha value is -1.81. The third-order valence-corrected chi connectivity index (χ3v) is 5.35. The fourth-order valence-electron chi connectivity index (χ4n) is 2.67. The Morgan fingerprint density at radius 1 is 1.17 bits per heavy atom. The monoisotopic (exact) mass is 431 g/mol. The van der Waals surface area contributed by atoms with Gasteiger partial charge in [-0.1, -0.05) is 13.8 Å². The molecule has 1 rings (SSSR count). The first-order valence-electron chi connectivity index (χ1n) is 9.63. The van der Waals surface area contributed by atoms with Crippen LogP contribution in [0, 0.1) is 5.92 Å². The number of ether oxygens (including phenoxy) is 2. The maximum absolute atomic E-state index is 13.0. The molecule has 3 unspecified atom stereocenters. The van der Waals surface area contributed by atoms with Crippen LogP contribution in [0.25, 0.3) is 0 Å². The molecule has 9 nitrogen and oxygen atoms in total. The highest BCUT2D eigenvalue weighted by Crippen LogP contribution is 2.26. The van der Waals surface area contributed by atoms with E-state index in [4.69, 9.17) is 9.47 Å². The second kappa shape index (κ2) is 10.8. The number of nitrogens with one attached hydrogen (secondary N) is 2. The van der Waals surface area contributed by atoms with E-state index in [0.717, 1.165) is 0 Å². The number of esters is 2. The van der Waals surface area contributed by atoms with Crippen molar-refractivity contribution < 1.29 is 28.7 Å². The number of thioether (sulfide) groups is 1. The molecule has 1 saturated heterocycles. The molecule has 166 valence electrons. The fourth-order valence-corrected chi connectivity index (χ4v) is 3.82. The van der Waals surface area contributed by atoms with Crippen molar-refractivity contribution in [2.24, 2.45) is 5.92 Å². The van der Waals surface area contributed by atoms with Crippen LogP contribution < -0.4 is 10.6 Å². The van der Waals surface area contributed by atoms with Gasteiger partial charge < -0.3 is 19.7 Å². The summed E-state index contributed by atoms with van der Waals surface area (Å²) in [6, 6.07) is -1.50. The summed E-state index contributed by atoms with van der Waals surface area (Å²) in [5.74, 6) is -1.26. The number of methoxy groups -OCH3 is 1. The highest BCUT2D eigenvalue weighted by atomic mass is 32.2. The summed E-state index contributed by atoms with van der Waals surface area (Å²) in [5, 5.41) is 4.84. The minimum absolute atomic E-state index is 0.126. The predicted octanol–water partition coefficient (Wildman–Crippen LogP) is 0.522. The van der Waals surface area contributed by atoms with Crippen LogP contribution in [0.2, 0.25) is 0 Å². The van der Waals surface area contributed by atoms with Crippen LogP contribution in [0.5, 0.6) is 0 Å². The molecule has 0 aromatic rings. The Balaban J connectivity index is 2.70. The first-order chi connectivity index (χ1) is 13.4. The zero-order valence-electron chi connectivity index (χ0n) is 18.2. The average molecular weight is 432 g/mol.